The zero-order valence-electron chi connectivity index (χ0n) is 31.0. The summed E-state index contributed by atoms with van der Waals surface area (Å²) in [7, 11) is 0. The van der Waals surface area contributed by atoms with Crippen LogP contribution in [0.1, 0.15) is 70.5 Å². The molecule has 4 atom stereocenters. The Bertz CT molecular complexity index is 1540. The maximum Gasteiger partial charge on any atom is 0.0846 e. The van der Waals surface area contributed by atoms with Crippen LogP contribution in [-0.4, -0.2) is 80.8 Å². The third kappa shape index (κ3) is 13.2. The topological polar surface area (TPSA) is 80.5 Å². The van der Waals surface area contributed by atoms with Crippen LogP contribution < -0.4 is 10.6 Å². The number of benzene rings is 4. The molecule has 2 fully saturated rings. The highest BCUT2D eigenvalue weighted by atomic mass is 35.5. The minimum absolute atomic E-state index is 0. The lowest BCUT2D eigenvalue weighted by Crippen LogP contribution is -2.45. The fourth-order valence-corrected chi connectivity index (χ4v) is 8.35. The summed E-state index contributed by atoms with van der Waals surface area (Å²) in [6.45, 7) is 10.1. The summed E-state index contributed by atoms with van der Waals surface area (Å²) >= 11 is 12.2. The maximum absolute atomic E-state index is 6.20. The summed E-state index contributed by atoms with van der Waals surface area (Å²) in [6.07, 6.45) is 4.34. The molecule has 4 unspecified atom stereocenters. The van der Waals surface area contributed by atoms with E-state index >= 15 is 0 Å². The largest absolute Gasteiger partial charge is 0.412 e. The van der Waals surface area contributed by atoms with E-state index in [1.54, 1.807) is 0 Å². The molecule has 0 aromatic heterocycles. The Morgan fingerprint density at radius 2 is 0.873 bits per heavy atom. The first-order chi connectivity index (χ1) is 24.6. The van der Waals surface area contributed by atoms with E-state index in [2.05, 4.69) is 93.2 Å². The Morgan fingerprint density at radius 1 is 0.527 bits per heavy atom. The average Bonchev–Trinajstić information content (AvgIpc) is 3.18. The summed E-state index contributed by atoms with van der Waals surface area (Å²) in [5.41, 5.74) is 8.27. The highest BCUT2D eigenvalue weighted by Gasteiger charge is 2.31. The second kappa shape index (κ2) is 25.0. The van der Waals surface area contributed by atoms with E-state index in [0.29, 0.717) is 12.1 Å². The van der Waals surface area contributed by atoms with Gasteiger partial charge >= 0.3 is 0 Å². The molecular weight excluding hydrogens is 821 g/mol. The van der Waals surface area contributed by atoms with E-state index in [0.717, 1.165) is 101 Å². The van der Waals surface area contributed by atoms with Gasteiger partial charge in [0.1, 0.15) is 0 Å². The molecule has 8 rings (SSSR count). The highest BCUT2D eigenvalue weighted by Crippen LogP contribution is 2.39. The molecule has 55 heavy (non-hydrogen) atoms. The lowest BCUT2D eigenvalue weighted by molar-refractivity contribution is 0.0118. The van der Waals surface area contributed by atoms with Crippen LogP contribution in [-0.2, 0) is 22.3 Å². The van der Waals surface area contributed by atoms with E-state index in [-0.39, 0.29) is 67.3 Å². The Labute approximate surface area is 362 Å². The van der Waals surface area contributed by atoms with Gasteiger partial charge in [-0.3, -0.25) is 9.80 Å². The van der Waals surface area contributed by atoms with Crippen molar-refractivity contribution in [3.05, 3.63) is 140 Å². The van der Waals surface area contributed by atoms with Crippen molar-refractivity contribution in [2.75, 3.05) is 65.6 Å². The van der Waals surface area contributed by atoms with Gasteiger partial charge in [0.15, 0.2) is 0 Å². The van der Waals surface area contributed by atoms with Gasteiger partial charge in [0.05, 0.1) is 25.4 Å². The first-order valence-electron chi connectivity index (χ1n) is 18.4. The maximum atomic E-state index is 6.20. The molecule has 2 saturated heterocycles. The van der Waals surface area contributed by atoms with Gasteiger partial charge in [0.2, 0.25) is 0 Å². The molecule has 7 nitrogen and oxygen atoms in total. The van der Waals surface area contributed by atoms with Crippen LogP contribution in [0.2, 0.25) is 10.0 Å². The van der Waals surface area contributed by atoms with Crippen LogP contribution in [0.25, 0.3) is 0 Å². The van der Waals surface area contributed by atoms with Crippen molar-refractivity contribution in [1.82, 2.24) is 20.4 Å². The highest BCUT2D eigenvalue weighted by molar-refractivity contribution is 6.30. The first kappa shape index (κ1) is 49.5. The van der Waals surface area contributed by atoms with Gasteiger partial charge in [-0.25, -0.2) is 0 Å². The first-order valence-corrected chi connectivity index (χ1v) is 19.2. The van der Waals surface area contributed by atoms with Gasteiger partial charge in [-0.2, -0.15) is 0 Å². The third-order valence-corrected chi connectivity index (χ3v) is 11.3. The van der Waals surface area contributed by atoms with E-state index in [1.165, 1.54) is 33.4 Å². The summed E-state index contributed by atoms with van der Waals surface area (Å²) < 4.78 is 12.4. The summed E-state index contributed by atoms with van der Waals surface area (Å²) in [5.74, 6) is 0. The van der Waals surface area contributed by atoms with Crippen LogP contribution in [0.4, 0.5) is 0 Å². The number of halogens is 6. The fraction of sp³-hybridized carbons (Fsp3) is 0.429. The Balaban J connectivity index is 0.000000348. The number of fused-ring (bicyclic) bond motifs is 2. The Morgan fingerprint density at radius 3 is 1.24 bits per heavy atom. The molecule has 0 saturated carbocycles. The van der Waals surface area contributed by atoms with Crippen LogP contribution in [0.3, 0.4) is 0 Å². The fourth-order valence-electron chi connectivity index (χ4n) is 8.10. The van der Waals surface area contributed by atoms with Crippen molar-refractivity contribution in [2.24, 2.45) is 0 Å². The molecule has 4 aromatic carbocycles. The molecule has 4 aliphatic heterocycles. The molecule has 304 valence electrons. The summed E-state index contributed by atoms with van der Waals surface area (Å²) in [4.78, 5) is 5.17. The van der Waals surface area contributed by atoms with Gasteiger partial charge in [0.25, 0.3) is 0 Å². The second-order valence-electron chi connectivity index (χ2n) is 13.8. The van der Waals surface area contributed by atoms with Crippen molar-refractivity contribution in [3.8, 4) is 0 Å². The molecular formula is C42H56Cl6N4O3. The normalized spacial score (nSPS) is 20.3. The molecule has 0 amide bonds. The lowest BCUT2D eigenvalue weighted by Gasteiger charge is -2.38. The number of piperazine rings is 2. The Kier molecular flexibility index (Phi) is 22.5. The minimum atomic E-state index is 0. The zero-order valence-corrected chi connectivity index (χ0v) is 35.8. The molecule has 0 bridgehead atoms. The van der Waals surface area contributed by atoms with Gasteiger partial charge in [0, 0.05) is 74.5 Å². The van der Waals surface area contributed by atoms with Crippen molar-refractivity contribution in [2.45, 2.75) is 50.0 Å². The minimum Gasteiger partial charge on any atom is -0.412 e. The van der Waals surface area contributed by atoms with E-state index in [4.69, 9.17) is 32.7 Å². The number of nitrogens with zero attached hydrogens (tertiary/aromatic N) is 2. The number of hydrogen-bond acceptors (Lipinski definition) is 6. The molecule has 4 heterocycles. The summed E-state index contributed by atoms with van der Waals surface area (Å²) in [6, 6.07) is 34.9. The van der Waals surface area contributed by atoms with Gasteiger partial charge in [-0.05, 0) is 83.3 Å². The van der Waals surface area contributed by atoms with Gasteiger partial charge in [-0.15, -0.1) is 49.6 Å². The average molecular weight is 878 g/mol. The van der Waals surface area contributed by atoms with Crippen LogP contribution in [0.15, 0.2) is 97.1 Å². The predicted octanol–water partition coefficient (Wildman–Crippen LogP) is 8.84. The van der Waals surface area contributed by atoms with Crippen LogP contribution in [0.5, 0.6) is 0 Å². The molecule has 0 aliphatic carbocycles. The lowest BCUT2D eigenvalue weighted by atomic mass is 9.90. The van der Waals surface area contributed by atoms with E-state index in [9.17, 15) is 0 Å². The second-order valence-corrected chi connectivity index (χ2v) is 14.7. The third-order valence-electron chi connectivity index (χ3n) is 10.8. The number of ether oxygens (including phenoxy) is 2. The molecule has 0 spiro atoms. The zero-order chi connectivity index (χ0) is 34.1. The van der Waals surface area contributed by atoms with Gasteiger partial charge < -0.3 is 25.6 Å². The Hall–Kier alpha value is -1.66. The molecule has 4 aromatic rings. The smallest absolute Gasteiger partial charge is 0.0846 e. The molecule has 0 radical (unpaired) electrons. The van der Waals surface area contributed by atoms with Crippen LogP contribution in [0, 0.1) is 0 Å². The molecule has 4 aliphatic rings. The number of hydrogen-bond donors (Lipinski definition) is 2. The van der Waals surface area contributed by atoms with E-state index in [1.807, 2.05) is 24.3 Å². The SMILES string of the molecule is Cl.Cl.Cl.Cl.Clc1ccc(C(CC2OCCc3ccccc32)N2CCNCC2)cc1.Clc1ccc(C(CC2OCCc3ccccc32)N2CCNCC2)cc1.O. The van der Waals surface area contributed by atoms with Crippen LogP contribution >= 0.6 is 72.8 Å². The van der Waals surface area contributed by atoms with Crippen molar-refractivity contribution < 1.29 is 14.9 Å². The van der Waals surface area contributed by atoms with E-state index < -0.39 is 0 Å². The number of rotatable bonds is 8. The molecule has 4 N–H and O–H groups in total. The monoisotopic (exact) mass is 874 g/mol. The van der Waals surface area contributed by atoms with Crippen molar-refractivity contribution >= 4 is 72.8 Å². The molecule has 13 heteroatoms. The van der Waals surface area contributed by atoms with Crippen molar-refractivity contribution in [1.29, 1.82) is 0 Å². The standard InChI is InChI=1S/2C21H25ClN2O.4ClH.H2O/c2*22-18-7-5-17(6-8-18)20(24-12-10-23-11-13-24)15-21-19-4-2-1-3-16(19)9-14-25-21;;;;;/h2*1-8,20-21,23H,9-15H2;4*1H;1H2. The van der Waals surface area contributed by atoms with Crippen molar-refractivity contribution in [3.63, 3.8) is 0 Å². The predicted molar refractivity (Wildman–Crippen MR) is 237 cm³/mol. The quantitative estimate of drug-likeness (QED) is 0.184. The van der Waals surface area contributed by atoms with Gasteiger partial charge in [-0.1, -0.05) is 96.0 Å². The summed E-state index contributed by atoms with van der Waals surface area (Å²) in [5, 5.41) is 8.50. The number of nitrogens with one attached hydrogen (secondary N) is 2.